The minimum Gasteiger partial charge on any atom is -0.462 e. The van der Waals surface area contributed by atoms with Gasteiger partial charge in [-0.15, -0.1) is 0 Å². The van der Waals surface area contributed by atoms with E-state index in [4.69, 9.17) is 9.47 Å². The lowest BCUT2D eigenvalue weighted by atomic mass is 10.0. The van der Waals surface area contributed by atoms with E-state index in [1.165, 1.54) is 0 Å². The molecule has 2 rings (SSSR count). The quantitative estimate of drug-likeness (QED) is 0.604. The Bertz CT molecular complexity index is 227. The number of esters is 1. The van der Waals surface area contributed by atoms with Gasteiger partial charge in [0, 0.05) is 6.42 Å². The topological polar surface area (TPSA) is 35.5 Å². The standard InChI is InChI=1S/C11H18O3/c1-3-8-6-9-4-5-10(13-9)7(2)11(12)14-8/h7-10H,3-6H2,1-2H3/t7-,8-,9+,10-/m0/s1. The van der Waals surface area contributed by atoms with E-state index in [2.05, 4.69) is 6.92 Å². The molecule has 0 radical (unpaired) electrons. The Morgan fingerprint density at radius 2 is 2.21 bits per heavy atom. The van der Waals surface area contributed by atoms with Crippen LogP contribution in [-0.4, -0.2) is 24.3 Å². The first kappa shape index (κ1) is 9.97. The van der Waals surface area contributed by atoms with Gasteiger partial charge in [0.15, 0.2) is 0 Å². The SMILES string of the molecule is CC[C@H]1C[C@H]2CC[C@H](O2)[C@H](C)C(=O)O1. The molecule has 0 saturated carbocycles. The van der Waals surface area contributed by atoms with Gasteiger partial charge in [-0.25, -0.2) is 0 Å². The molecule has 4 atom stereocenters. The lowest BCUT2D eigenvalue weighted by Gasteiger charge is -2.27. The van der Waals surface area contributed by atoms with E-state index in [1.54, 1.807) is 0 Å². The van der Waals surface area contributed by atoms with E-state index in [9.17, 15) is 4.79 Å². The van der Waals surface area contributed by atoms with Crippen molar-refractivity contribution in [3.05, 3.63) is 0 Å². The van der Waals surface area contributed by atoms with Crippen molar-refractivity contribution >= 4 is 5.97 Å². The van der Waals surface area contributed by atoms with Gasteiger partial charge in [-0.05, 0) is 26.2 Å². The molecule has 2 aliphatic heterocycles. The van der Waals surface area contributed by atoms with Crippen LogP contribution in [0.2, 0.25) is 0 Å². The van der Waals surface area contributed by atoms with Crippen LogP contribution in [0.5, 0.6) is 0 Å². The highest BCUT2D eigenvalue weighted by atomic mass is 16.6. The number of carbonyl (C=O) groups is 1. The summed E-state index contributed by atoms with van der Waals surface area (Å²) in [5.74, 6) is -0.170. The highest BCUT2D eigenvalue weighted by Gasteiger charge is 2.38. The third-order valence-electron chi connectivity index (χ3n) is 3.33. The van der Waals surface area contributed by atoms with Gasteiger partial charge < -0.3 is 9.47 Å². The van der Waals surface area contributed by atoms with Crippen molar-refractivity contribution < 1.29 is 14.3 Å². The lowest BCUT2D eigenvalue weighted by molar-refractivity contribution is -0.166. The van der Waals surface area contributed by atoms with Crippen molar-refractivity contribution in [2.45, 2.75) is 57.8 Å². The summed E-state index contributed by atoms with van der Waals surface area (Å²) in [7, 11) is 0. The second-order valence-electron chi connectivity index (χ2n) is 4.37. The molecule has 0 aromatic carbocycles. The first-order valence-electron chi connectivity index (χ1n) is 5.56. The molecule has 2 bridgehead atoms. The summed E-state index contributed by atoms with van der Waals surface area (Å²) >= 11 is 0. The normalized spacial score (nSPS) is 42.9. The Kier molecular flexibility index (Phi) is 2.77. The highest BCUT2D eigenvalue weighted by Crippen LogP contribution is 2.32. The molecule has 0 aliphatic carbocycles. The predicted octanol–water partition coefficient (Wildman–Crippen LogP) is 1.90. The number of hydrogen-bond acceptors (Lipinski definition) is 3. The van der Waals surface area contributed by atoms with Gasteiger partial charge in [0.2, 0.25) is 0 Å². The second-order valence-corrected chi connectivity index (χ2v) is 4.37. The Labute approximate surface area is 84.8 Å². The number of fused-ring (bicyclic) bond motifs is 2. The molecule has 2 heterocycles. The summed E-state index contributed by atoms with van der Waals surface area (Å²) in [6, 6.07) is 0. The largest absolute Gasteiger partial charge is 0.462 e. The monoisotopic (exact) mass is 198 g/mol. The summed E-state index contributed by atoms with van der Waals surface area (Å²) in [6.45, 7) is 3.96. The van der Waals surface area contributed by atoms with Crippen LogP contribution in [0, 0.1) is 5.92 Å². The van der Waals surface area contributed by atoms with E-state index in [1.807, 2.05) is 6.92 Å². The van der Waals surface area contributed by atoms with Crippen LogP contribution >= 0.6 is 0 Å². The Morgan fingerprint density at radius 3 is 2.93 bits per heavy atom. The number of rotatable bonds is 1. The summed E-state index contributed by atoms with van der Waals surface area (Å²) < 4.78 is 11.2. The number of ether oxygens (including phenoxy) is 2. The number of carbonyl (C=O) groups excluding carboxylic acids is 1. The zero-order valence-corrected chi connectivity index (χ0v) is 8.86. The van der Waals surface area contributed by atoms with Crippen LogP contribution in [0.25, 0.3) is 0 Å². The van der Waals surface area contributed by atoms with Crippen LogP contribution in [-0.2, 0) is 14.3 Å². The fourth-order valence-electron chi connectivity index (χ4n) is 2.29. The predicted molar refractivity (Wildman–Crippen MR) is 51.8 cm³/mol. The highest BCUT2D eigenvalue weighted by molar-refractivity contribution is 5.73. The molecular weight excluding hydrogens is 180 g/mol. The van der Waals surface area contributed by atoms with E-state index in [-0.39, 0.29) is 24.1 Å². The van der Waals surface area contributed by atoms with Gasteiger partial charge in [-0.1, -0.05) is 6.92 Å². The van der Waals surface area contributed by atoms with E-state index in [0.717, 1.165) is 25.7 Å². The first-order chi connectivity index (χ1) is 6.70. The Hall–Kier alpha value is -0.570. The van der Waals surface area contributed by atoms with Crippen molar-refractivity contribution in [3.8, 4) is 0 Å². The summed E-state index contributed by atoms with van der Waals surface area (Å²) in [5, 5.41) is 0. The average molecular weight is 198 g/mol. The smallest absolute Gasteiger partial charge is 0.311 e. The molecule has 0 aromatic heterocycles. The molecule has 3 nitrogen and oxygen atoms in total. The molecule has 3 heteroatoms. The first-order valence-corrected chi connectivity index (χ1v) is 5.56. The van der Waals surface area contributed by atoms with Crippen molar-refractivity contribution in [1.82, 2.24) is 0 Å². The molecule has 0 N–H and O–H groups in total. The summed E-state index contributed by atoms with van der Waals surface area (Å²) in [4.78, 5) is 11.6. The molecule has 80 valence electrons. The molecular formula is C11H18O3. The Morgan fingerprint density at radius 1 is 1.43 bits per heavy atom. The van der Waals surface area contributed by atoms with Gasteiger partial charge >= 0.3 is 5.97 Å². The molecule has 0 spiro atoms. The van der Waals surface area contributed by atoms with Crippen LogP contribution in [0.1, 0.15) is 39.5 Å². The maximum Gasteiger partial charge on any atom is 0.311 e. The van der Waals surface area contributed by atoms with E-state index < -0.39 is 0 Å². The number of cyclic esters (lactones) is 1. The van der Waals surface area contributed by atoms with Gasteiger partial charge in [-0.2, -0.15) is 0 Å². The minimum absolute atomic E-state index is 0.0639. The third kappa shape index (κ3) is 1.78. The number of hydrogen-bond donors (Lipinski definition) is 0. The van der Waals surface area contributed by atoms with E-state index >= 15 is 0 Å². The van der Waals surface area contributed by atoms with Gasteiger partial charge in [0.1, 0.15) is 6.10 Å². The molecule has 0 amide bonds. The maximum atomic E-state index is 11.6. The lowest BCUT2D eigenvalue weighted by Crippen LogP contribution is -2.35. The second kappa shape index (κ2) is 3.89. The minimum atomic E-state index is -0.0886. The van der Waals surface area contributed by atoms with E-state index in [0.29, 0.717) is 6.10 Å². The fraction of sp³-hybridized carbons (Fsp3) is 0.909. The average Bonchev–Trinajstić information content (AvgIpc) is 2.63. The van der Waals surface area contributed by atoms with Crippen molar-refractivity contribution in [3.63, 3.8) is 0 Å². The van der Waals surface area contributed by atoms with Crippen LogP contribution in [0.15, 0.2) is 0 Å². The van der Waals surface area contributed by atoms with Crippen LogP contribution in [0.3, 0.4) is 0 Å². The van der Waals surface area contributed by atoms with Gasteiger partial charge in [0.25, 0.3) is 0 Å². The zero-order valence-electron chi connectivity index (χ0n) is 8.86. The summed E-state index contributed by atoms with van der Waals surface area (Å²) in [6.07, 6.45) is 4.35. The van der Waals surface area contributed by atoms with Crippen molar-refractivity contribution in [2.24, 2.45) is 5.92 Å². The van der Waals surface area contributed by atoms with Crippen LogP contribution < -0.4 is 0 Å². The maximum absolute atomic E-state index is 11.6. The molecule has 2 aliphatic rings. The molecule has 14 heavy (non-hydrogen) atoms. The molecule has 0 aromatic rings. The fourth-order valence-corrected chi connectivity index (χ4v) is 2.29. The zero-order chi connectivity index (χ0) is 10.1. The van der Waals surface area contributed by atoms with Gasteiger partial charge in [0.05, 0.1) is 18.1 Å². The van der Waals surface area contributed by atoms with Crippen molar-refractivity contribution in [2.75, 3.05) is 0 Å². The summed E-state index contributed by atoms with van der Waals surface area (Å²) in [5.41, 5.74) is 0. The van der Waals surface area contributed by atoms with Crippen molar-refractivity contribution in [1.29, 1.82) is 0 Å². The van der Waals surface area contributed by atoms with Gasteiger partial charge in [-0.3, -0.25) is 4.79 Å². The Balaban J connectivity index is 2.09. The molecule has 0 unspecified atom stereocenters. The molecule has 2 saturated heterocycles. The molecule has 2 fully saturated rings. The van der Waals surface area contributed by atoms with Crippen LogP contribution in [0.4, 0.5) is 0 Å². The third-order valence-corrected chi connectivity index (χ3v) is 3.33.